The highest BCUT2D eigenvalue weighted by molar-refractivity contribution is 7.13. The van der Waals surface area contributed by atoms with Crippen molar-refractivity contribution in [1.82, 2.24) is 4.98 Å². The van der Waals surface area contributed by atoms with Crippen molar-refractivity contribution in [2.24, 2.45) is 0 Å². The number of rotatable bonds is 5. The number of hydrogen-bond donors (Lipinski definition) is 1. The summed E-state index contributed by atoms with van der Waals surface area (Å²) in [5.74, 6) is -0.448. The fourth-order valence-corrected chi connectivity index (χ4v) is 3.67. The van der Waals surface area contributed by atoms with Gasteiger partial charge in [-0.25, -0.2) is 9.37 Å². The Hall–Kier alpha value is -3.31. The molecule has 1 N–H and O–H groups in total. The first-order valence-corrected chi connectivity index (χ1v) is 9.71. The number of benzene rings is 3. The number of nitrogens with one attached hydrogen (secondary N) is 1. The van der Waals surface area contributed by atoms with Crippen LogP contribution < -0.4 is 5.32 Å². The molecule has 0 fully saturated rings. The molecule has 0 radical (unpaired) electrons. The molecule has 0 aliphatic heterocycles. The van der Waals surface area contributed by atoms with Gasteiger partial charge >= 0.3 is 0 Å². The summed E-state index contributed by atoms with van der Waals surface area (Å²) in [4.78, 5) is 16.9. The summed E-state index contributed by atoms with van der Waals surface area (Å²) in [7, 11) is 0. The van der Waals surface area contributed by atoms with Crippen LogP contribution in [0.15, 0.2) is 84.2 Å². The van der Waals surface area contributed by atoms with Gasteiger partial charge in [0.15, 0.2) is 0 Å². The van der Waals surface area contributed by atoms with Crippen LogP contribution in [0.1, 0.15) is 5.56 Å². The zero-order chi connectivity index (χ0) is 19.3. The van der Waals surface area contributed by atoms with E-state index in [-0.39, 0.29) is 18.1 Å². The fourth-order valence-electron chi connectivity index (χ4n) is 2.84. The summed E-state index contributed by atoms with van der Waals surface area (Å²) in [6.45, 7) is 0. The highest BCUT2D eigenvalue weighted by Crippen LogP contribution is 2.29. The second kappa shape index (κ2) is 8.15. The average molecular weight is 388 g/mol. The van der Waals surface area contributed by atoms with Gasteiger partial charge in [-0.1, -0.05) is 54.6 Å². The molecule has 0 saturated heterocycles. The van der Waals surface area contributed by atoms with Crippen molar-refractivity contribution >= 4 is 22.9 Å². The number of thiazole rings is 1. The highest BCUT2D eigenvalue weighted by Gasteiger charge is 2.08. The lowest BCUT2D eigenvalue weighted by Crippen LogP contribution is -2.14. The molecule has 0 spiro atoms. The van der Waals surface area contributed by atoms with Gasteiger partial charge in [-0.2, -0.15) is 0 Å². The third kappa shape index (κ3) is 4.32. The van der Waals surface area contributed by atoms with Gasteiger partial charge in [0.05, 0.1) is 12.1 Å². The lowest BCUT2D eigenvalue weighted by molar-refractivity contribution is -0.115. The predicted octanol–water partition coefficient (Wildman–Crippen LogP) is 5.80. The molecule has 0 saturated carbocycles. The first-order chi connectivity index (χ1) is 13.7. The Morgan fingerprint density at radius 1 is 0.893 bits per heavy atom. The second-order valence-electron chi connectivity index (χ2n) is 6.33. The van der Waals surface area contributed by atoms with E-state index in [0.29, 0.717) is 0 Å². The molecule has 28 heavy (non-hydrogen) atoms. The molecule has 0 atom stereocenters. The summed E-state index contributed by atoms with van der Waals surface area (Å²) < 4.78 is 12.9. The summed E-state index contributed by atoms with van der Waals surface area (Å²) in [5, 5.41) is 5.88. The monoisotopic (exact) mass is 388 g/mol. The van der Waals surface area contributed by atoms with Gasteiger partial charge in [-0.15, -0.1) is 11.3 Å². The minimum atomic E-state index is -0.308. The van der Waals surface area contributed by atoms with Crippen molar-refractivity contribution in [3.8, 4) is 21.8 Å². The maximum absolute atomic E-state index is 12.9. The molecular weight excluding hydrogens is 371 g/mol. The normalized spacial score (nSPS) is 10.6. The number of aromatic nitrogens is 1. The SMILES string of the molecule is O=C(Cc1ccc(F)cc1)Nc1ccc(-c2csc(-c3ccccc3)n2)cc1. The van der Waals surface area contributed by atoms with Crippen LogP contribution in [0.25, 0.3) is 21.8 Å². The van der Waals surface area contributed by atoms with Crippen LogP contribution >= 0.6 is 11.3 Å². The molecule has 138 valence electrons. The molecule has 3 nitrogen and oxygen atoms in total. The number of anilines is 1. The minimum Gasteiger partial charge on any atom is -0.326 e. The summed E-state index contributed by atoms with van der Waals surface area (Å²) >= 11 is 1.61. The smallest absolute Gasteiger partial charge is 0.228 e. The molecule has 4 aromatic rings. The van der Waals surface area contributed by atoms with E-state index in [1.807, 2.05) is 60.0 Å². The van der Waals surface area contributed by atoms with E-state index >= 15 is 0 Å². The topological polar surface area (TPSA) is 42.0 Å². The van der Waals surface area contributed by atoms with Crippen molar-refractivity contribution in [2.75, 3.05) is 5.32 Å². The Morgan fingerprint density at radius 2 is 1.61 bits per heavy atom. The molecule has 4 rings (SSSR count). The van der Waals surface area contributed by atoms with Gasteiger partial charge in [-0.3, -0.25) is 4.79 Å². The predicted molar refractivity (Wildman–Crippen MR) is 112 cm³/mol. The number of carbonyl (C=O) groups excluding carboxylic acids is 1. The molecule has 0 aliphatic carbocycles. The van der Waals surface area contributed by atoms with Crippen LogP contribution in [-0.2, 0) is 11.2 Å². The number of nitrogens with zero attached hydrogens (tertiary/aromatic N) is 1. The quantitative estimate of drug-likeness (QED) is 0.470. The molecule has 0 bridgehead atoms. The summed E-state index contributed by atoms with van der Waals surface area (Å²) in [5.41, 5.74) is 4.49. The van der Waals surface area contributed by atoms with E-state index in [0.717, 1.165) is 33.1 Å². The average Bonchev–Trinajstić information content (AvgIpc) is 3.21. The zero-order valence-corrected chi connectivity index (χ0v) is 15.7. The molecule has 3 aromatic carbocycles. The third-order valence-corrected chi connectivity index (χ3v) is 5.16. The molecule has 1 heterocycles. The van der Waals surface area contributed by atoms with E-state index in [4.69, 9.17) is 4.98 Å². The number of hydrogen-bond acceptors (Lipinski definition) is 3. The Kier molecular flexibility index (Phi) is 5.26. The van der Waals surface area contributed by atoms with Gasteiger partial charge in [0.1, 0.15) is 10.8 Å². The van der Waals surface area contributed by atoms with E-state index in [9.17, 15) is 9.18 Å². The van der Waals surface area contributed by atoms with Crippen molar-refractivity contribution in [3.05, 3.63) is 95.6 Å². The van der Waals surface area contributed by atoms with E-state index in [1.165, 1.54) is 12.1 Å². The van der Waals surface area contributed by atoms with E-state index in [2.05, 4.69) is 5.32 Å². The van der Waals surface area contributed by atoms with Crippen molar-refractivity contribution in [1.29, 1.82) is 0 Å². The first-order valence-electron chi connectivity index (χ1n) is 8.83. The lowest BCUT2D eigenvalue weighted by Gasteiger charge is -2.06. The maximum atomic E-state index is 12.9. The van der Waals surface area contributed by atoms with Gasteiger partial charge in [-0.05, 0) is 29.8 Å². The standard InChI is InChI=1S/C23H17FN2OS/c24-19-10-6-16(7-11-19)14-22(27)25-20-12-8-17(9-13-20)21-15-28-23(26-21)18-4-2-1-3-5-18/h1-13,15H,14H2,(H,25,27). The van der Waals surface area contributed by atoms with Gasteiger partial charge in [0, 0.05) is 22.2 Å². The molecule has 5 heteroatoms. The third-order valence-electron chi connectivity index (χ3n) is 4.27. The Labute approximate surface area is 166 Å². The molecular formula is C23H17FN2OS. The largest absolute Gasteiger partial charge is 0.326 e. The van der Waals surface area contributed by atoms with Crippen LogP contribution in [0.5, 0.6) is 0 Å². The van der Waals surface area contributed by atoms with Crippen LogP contribution in [-0.4, -0.2) is 10.9 Å². The molecule has 1 aromatic heterocycles. The van der Waals surface area contributed by atoms with Crippen LogP contribution in [0.3, 0.4) is 0 Å². The molecule has 1 amide bonds. The zero-order valence-electron chi connectivity index (χ0n) is 14.9. The van der Waals surface area contributed by atoms with E-state index in [1.54, 1.807) is 23.5 Å². The van der Waals surface area contributed by atoms with Crippen LogP contribution in [0.4, 0.5) is 10.1 Å². The van der Waals surface area contributed by atoms with Crippen molar-refractivity contribution in [2.45, 2.75) is 6.42 Å². The first kappa shape index (κ1) is 18.1. The van der Waals surface area contributed by atoms with Gasteiger partial charge < -0.3 is 5.32 Å². The minimum absolute atomic E-state index is 0.139. The van der Waals surface area contributed by atoms with Gasteiger partial charge in [0.2, 0.25) is 5.91 Å². The molecule has 0 unspecified atom stereocenters. The highest BCUT2D eigenvalue weighted by atomic mass is 32.1. The number of halogens is 1. The Balaban J connectivity index is 1.42. The summed E-state index contributed by atoms with van der Waals surface area (Å²) in [6, 6.07) is 23.6. The number of carbonyl (C=O) groups is 1. The van der Waals surface area contributed by atoms with Gasteiger partial charge in [0.25, 0.3) is 0 Å². The van der Waals surface area contributed by atoms with Crippen molar-refractivity contribution in [3.63, 3.8) is 0 Å². The second-order valence-corrected chi connectivity index (χ2v) is 7.19. The lowest BCUT2D eigenvalue weighted by atomic mass is 10.1. The maximum Gasteiger partial charge on any atom is 0.228 e. The number of amides is 1. The Morgan fingerprint density at radius 3 is 2.32 bits per heavy atom. The van der Waals surface area contributed by atoms with Crippen LogP contribution in [0, 0.1) is 5.82 Å². The van der Waals surface area contributed by atoms with E-state index < -0.39 is 0 Å². The summed E-state index contributed by atoms with van der Waals surface area (Å²) in [6.07, 6.45) is 0.203. The van der Waals surface area contributed by atoms with Crippen molar-refractivity contribution < 1.29 is 9.18 Å². The molecule has 0 aliphatic rings. The fraction of sp³-hybridized carbons (Fsp3) is 0.0435. The Bertz CT molecular complexity index is 1070. The van der Waals surface area contributed by atoms with Crippen LogP contribution in [0.2, 0.25) is 0 Å².